The summed E-state index contributed by atoms with van der Waals surface area (Å²) in [6.07, 6.45) is 1.85. The van der Waals surface area contributed by atoms with Gasteiger partial charge in [0.2, 0.25) is 5.91 Å². The third-order valence-corrected chi connectivity index (χ3v) is 3.65. The molecule has 0 radical (unpaired) electrons. The smallest absolute Gasteiger partial charge is 0.223 e. The molecule has 1 aromatic rings. The number of piperidine rings is 1. The van der Waals surface area contributed by atoms with E-state index in [1.54, 1.807) is 0 Å². The predicted octanol–water partition coefficient (Wildman–Crippen LogP) is 1.88. The number of ether oxygens (including phenoxy) is 1. The van der Waals surface area contributed by atoms with Crippen molar-refractivity contribution in [2.45, 2.75) is 32.7 Å². The van der Waals surface area contributed by atoms with Crippen LogP contribution in [0.1, 0.15) is 25.3 Å². The highest BCUT2D eigenvalue weighted by atomic mass is 16.5. The van der Waals surface area contributed by atoms with E-state index in [1.165, 1.54) is 5.56 Å². The van der Waals surface area contributed by atoms with E-state index in [2.05, 4.69) is 17.6 Å². The van der Waals surface area contributed by atoms with Gasteiger partial charge in [-0.15, -0.1) is 0 Å². The summed E-state index contributed by atoms with van der Waals surface area (Å²) in [5.41, 5.74) is 1.18. The first-order chi connectivity index (χ1) is 9.65. The van der Waals surface area contributed by atoms with Gasteiger partial charge in [0, 0.05) is 12.0 Å². The van der Waals surface area contributed by atoms with E-state index in [1.807, 2.05) is 31.2 Å². The van der Waals surface area contributed by atoms with Gasteiger partial charge in [0.15, 0.2) is 0 Å². The summed E-state index contributed by atoms with van der Waals surface area (Å²) in [6.45, 7) is 6.16. The van der Waals surface area contributed by atoms with Crippen LogP contribution in [0.25, 0.3) is 0 Å². The molecule has 2 atom stereocenters. The summed E-state index contributed by atoms with van der Waals surface area (Å²) in [4.78, 5) is 12.0. The second-order valence-electron chi connectivity index (χ2n) is 5.53. The van der Waals surface area contributed by atoms with Gasteiger partial charge in [-0.1, -0.05) is 12.1 Å². The van der Waals surface area contributed by atoms with Crippen LogP contribution in [0.5, 0.6) is 5.75 Å². The average molecular weight is 276 g/mol. The number of carbonyl (C=O) groups excluding carboxylic acids is 1. The van der Waals surface area contributed by atoms with Crippen molar-refractivity contribution in [2.24, 2.45) is 5.92 Å². The average Bonchev–Trinajstić information content (AvgIpc) is 2.43. The Morgan fingerprint density at radius 3 is 3.10 bits per heavy atom. The van der Waals surface area contributed by atoms with Crippen LogP contribution in [0.2, 0.25) is 0 Å². The van der Waals surface area contributed by atoms with Crippen LogP contribution in [0.3, 0.4) is 0 Å². The number of rotatable bonds is 5. The molecule has 1 aromatic carbocycles. The molecule has 2 N–H and O–H groups in total. The minimum absolute atomic E-state index is 0.144. The SMILES string of the molecule is Cc1cccc(OCCNC(=O)[C@H]2CCN[C@@H](C)C2)c1. The van der Waals surface area contributed by atoms with Crippen molar-refractivity contribution in [3.05, 3.63) is 29.8 Å². The number of aryl methyl sites for hydroxylation is 1. The van der Waals surface area contributed by atoms with E-state index in [-0.39, 0.29) is 11.8 Å². The van der Waals surface area contributed by atoms with Crippen LogP contribution < -0.4 is 15.4 Å². The number of benzene rings is 1. The molecule has 0 bridgehead atoms. The zero-order valence-corrected chi connectivity index (χ0v) is 12.3. The standard InChI is InChI=1S/C16H24N2O2/c1-12-4-3-5-15(10-12)20-9-8-18-16(19)14-6-7-17-13(2)11-14/h3-5,10,13-14,17H,6-9,11H2,1-2H3,(H,18,19)/t13-,14-/m0/s1. The first kappa shape index (κ1) is 14.9. The van der Waals surface area contributed by atoms with E-state index in [4.69, 9.17) is 4.74 Å². The van der Waals surface area contributed by atoms with Gasteiger partial charge in [-0.25, -0.2) is 0 Å². The minimum Gasteiger partial charge on any atom is -0.492 e. The summed E-state index contributed by atoms with van der Waals surface area (Å²) in [6, 6.07) is 8.37. The van der Waals surface area contributed by atoms with Gasteiger partial charge in [0.25, 0.3) is 0 Å². The maximum Gasteiger partial charge on any atom is 0.223 e. The van der Waals surface area contributed by atoms with Crippen molar-refractivity contribution in [3.8, 4) is 5.75 Å². The van der Waals surface area contributed by atoms with Gasteiger partial charge < -0.3 is 15.4 Å². The molecule has 110 valence electrons. The molecule has 1 saturated heterocycles. The molecule has 1 heterocycles. The van der Waals surface area contributed by atoms with Gasteiger partial charge in [-0.3, -0.25) is 4.79 Å². The molecule has 0 aromatic heterocycles. The summed E-state index contributed by atoms with van der Waals surface area (Å²) in [5, 5.41) is 6.32. The molecule has 0 spiro atoms. The number of nitrogens with one attached hydrogen (secondary N) is 2. The summed E-state index contributed by atoms with van der Waals surface area (Å²) >= 11 is 0. The van der Waals surface area contributed by atoms with Crippen molar-refractivity contribution >= 4 is 5.91 Å². The van der Waals surface area contributed by atoms with Crippen LogP contribution in [0.4, 0.5) is 0 Å². The Kier molecular flexibility index (Phi) is 5.41. The zero-order valence-electron chi connectivity index (χ0n) is 12.3. The summed E-state index contributed by atoms with van der Waals surface area (Å²) < 4.78 is 5.62. The van der Waals surface area contributed by atoms with Crippen molar-refractivity contribution in [1.82, 2.24) is 10.6 Å². The van der Waals surface area contributed by atoms with Gasteiger partial charge in [0.05, 0.1) is 6.54 Å². The van der Waals surface area contributed by atoms with Crippen molar-refractivity contribution in [2.75, 3.05) is 19.7 Å². The quantitative estimate of drug-likeness (QED) is 0.807. The molecule has 4 heteroatoms. The molecule has 0 saturated carbocycles. The van der Waals surface area contributed by atoms with Crippen molar-refractivity contribution < 1.29 is 9.53 Å². The molecule has 2 rings (SSSR count). The Hall–Kier alpha value is -1.55. The molecule has 1 amide bonds. The Morgan fingerprint density at radius 1 is 1.50 bits per heavy atom. The van der Waals surface area contributed by atoms with E-state index in [0.717, 1.165) is 25.1 Å². The second kappa shape index (κ2) is 7.29. The first-order valence-corrected chi connectivity index (χ1v) is 7.35. The Bertz CT molecular complexity index is 448. The van der Waals surface area contributed by atoms with E-state index >= 15 is 0 Å². The fourth-order valence-electron chi connectivity index (χ4n) is 2.56. The molecule has 4 nitrogen and oxygen atoms in total. The van der Waals surface area contributed by atoms with Gasteiger partial charge in [-0.05, 0) is 50.9 Å². The lowest BCUT2D eigenvalue weighted by Gasteiger charge is -2.27. The molecule has 1 aliphatic heterocycles. The first-order valence-electron chi connectivity index (χ1n) is 7.35. The van der Waals surface area contributed by atoms with E-state index in [0.29, 0.717) is 19.2 Å². The summed E-state index contributed by atoms with van der Waals surface area (Å²) in [5.74, 6) is 1.16. The molecule has 0 unspecified atom stereocenters. The lowest BCUT2D eigenvalue weighted by molar-refractivity contribution is -0.126. The second-order valence-corrected chi connectivity index (χ2v) is 5.53. The van der Waals surface area contributed by atoms with Crippen LogP contribution in [-0.4, -0.2) is 31.6 Å². The van der Waals surface area contributed by atoms with Crippen LogP contribution in [-0.2, 0) is 4.79 Å². The third kappa shape index (κ3) is 4.53. The lowest BCUT2D eigenvalue weighted by atomic mass is 9.92. The van der Waals surface area contributed by atoms with Crippen molar-refractivity contribution in [3.63, 3.8) is 0 Å². The predicted molar refractivity (Wildman–Crippen MR) is 79.9 cm³/mol. The van der Waals surface area contributed by atoms with E-state index in [9.17, 15) is 4.79 Å². The monoisotopic (exact) mass is 276 g/mol. The van der Waals surface area contributed by atoms with Gasteiger partial charge >= 0.3 is 0 Å². The Morgan fingerprint density at radius 2 is 2.35 bits per heavy atom. The maximum atomic E-state index is 12.0. The largest absolute Gasteiger partial charge is 0.492 e. The number of hydrogen-bond donors (Lipinski definition) is 2. The zero-order chi connectivity index (χ0) is 14.4. The topological polar surface area (TPSA) is 50.4 Å². The number of amides is 1. The highest BCUT2D eigenvalue weighted by Crippen LogP contribution is 2.16. The van der Waals surface area contributed by atoms with Gasteiger partial charge in [0.1, 0.15) is 12.4 Å². The number of carbonyl (C=O) groups is 1. The highest BCUT2D eigenvalue weighted by Gasteiger charge is 2.24. The third-order valence-electron chi connectivity index (χ3n) is 3.65. The Balaban J connectivity index is 1.66. The molecule has 1 aliphatic rings. The minimum atomic E-state index is 0.144. The number of hydrogen-bond acceptors (Lipinski definition) is 3. The van der Waals surface area contributed by atoms with Gasteiger partial charge in [-0.2, -0.15) is 0 Å². The molecular weight excluding hydrogens is 252 g/mol. The highest BCUT2D eigenvalue weighted by molar-refractivity contribution is 5.78. The van der Waals surface area contributed by atoms with Crippen LogP contribution >= 0.6 is 0 Å². The summed E-state index contributed by atoms with van der Waals surface area (Å²) in [7, 11) is 0. The fourth-order valence-corrected chi connectivity index (χ4v) is 2.56. The van der Waals surface area contributed by atoms with Crippen LogP contribution in [0, 0.1) is 12.8 Å². The van der Waals surface area contributed by atoms with Crippen LogP contribution in [0.15, 0.2) is 24.3 Å². The molecule has 0 aliphatic carbocycles. The molecule has 20 heavy (non-hydrogen) atoms. The normalized spacial score (nSPS) is 22.3. The molecular formula is C16H24N2O2. The maximum absolute atomic E-state index is 12.0. The van der Waals surface area contributed by atoms with E-state index < -0.39 is 0 Å². The Labute approximate surface area is 120 Å². The fraction of sp³-hybridized carbons (Fsp3) is 0.562. The lowest BCUT2D eigenvalue weighted by Crippen LogP contribution is -2.43. The molecule has 1 fully saturated rings. The van der Waals surface area contributed by atoms with Crippen molar-refractivity contribution in [1.29, 1.82) is 0 Å².